The number of nitriles is 1. The Bertz CT molecular complexity index is 786. The Balaban J connectivity index is 2.07. The third-order valence-electron chi connectivity index (χ3n) is 3.93. The summed E-state index contributed by atoms with van der Waals surface area (Å²) in [7, 11) is 0. The minimum absolute atomic E-state index is 0.699. The number of aryl methyl sites for hydroxylation is 1. The fraction of sp³-hybridized carbons (Fsp3) is 0.200. The molecule has 1 aliphatic rings. The van der Waals surface area contributed by atoms with Gasteiger partial charge in [0.15, 0.2) is 0 Å². The summed E-state index contributed by atoms with van der Waals surface area (Å²) < 4.78 is 0. The van der Waals surface area contributed by atoms with E-state index < -0.39 is 0 Å². The number of rotatable bonds is 5. The van der Waals surface area contributed by atoms with Crippen LogP contribution in [0.25, 0.3) is 12.2 Å². The van der Waals surface area contributed by atoms with Gasteiger partial charge in [-0.3, -0.25) is 0 Å². The highest BCUT2D eigenvalue weighted by atomic mass is 32.2. The van der Waals surface area contributed by atoms with Crippen molar-refractivity contribution < 1.29 is 0 Å². The van der Waals surface area contributed by atoms with Gasteiger partial charge in [0.25, 0.3) is 0 Å². The molecule has 0 radical (unpaired) electrons. The molecule has 0 amide bonds. The monoisotopic (exact) mass is 318 g/mol. The molecule has 3 rings (SSSR count). The van der Waals surface area contributed by atoms with Crippen molar-refractivity contribution in [1.29, 1.82) is 5.26 Å². The van der Waals surface area contributed by atoms with Crippen LogP contribution in [0.2, 0.25) is 0 Å². The van der Waals surface area contributed by atoms with Gasteiger partial charge in [-0.25, -0.2) is 4.98 Å². The molecule has 1 aromatic carbocycles. The smallest absolute Gasteiger partial charge is 0.115 e. The van der Waals surface area contributed by atoms with Crippen molar-refractivity contribution in [3.63, 3.8) is 0 Å². The molecule has 0 unspecified atom stereocenters. The molecule has 1 heterocycles. The van der Waals surface area contributed by atoms with E-state index in [2.05, 4.69) is 36.9 Å². The van der Waals surface area contributed by atoms with E-state index in [0.29, 0.717) is 5.56 Å². The van der Waals surface area contributed by atoms with Crippen molar-refractivity contribution in [3.05, 3.63) is 70.9 Å². The molecule has 2 aromatic rings. The van der Waals surface area contributed by atoms with Crippen molar-refractivity contribution in [2.75, 3.05) is 5.75 Å². The number of benzene rings is 1. The average molecular weight is 318 g/mol. The Labute approximate surface area is 141 Å². The third-order valence-corrected chi connectivity index (χ3v) is 4.90. The lowest BCUT2D eigenvalue weighted by Gasteiger charge is -2.11. The Hall–Kier alpha value is -2.31. The van der Waals surface area contributed by atoms with Crippen LogP contribution in [0.5, 0.6) is 0 Å². The zero-order valence-electron chi connectivity index (χ0n) is 13.0. The zero-order chi connectivity index (χ0) is 16.1. The van der Waals surface area contributed by atoms with Gasteiger partial charge in [0.2, 0.25) is 0 Å². The van der Waals surface area contributed by atoms with Gasteiger partial charge in [-0.15, -0.1) is 18.3 Å². The van der Waals surface area contributed by atoms with E-state index in [1.54, 1.807) is 11.8 Å². The standard InChI is InChI=1S/C20H18N2S/c1-2-13-23-20-18(14-21)16(17-9-6-10-19(17)22-20)12-11-15-7-4-3-5-8-15/h2-5,7-8,11-12H,1,6,9-10,13H2. The second-order valence-corrected chi connectivity index (χ2v) is 6.45. The lowest BCUT2D eigenvalue weighted by Crippen LogP contribution is -2.00. The van der Waals surface area contributed by atoms with E-state index in [1.165, 1.54) is 5.56 Å². The van der Waals surface area contributed by atoms with Gasteiger partial charge in [0, 0.05) is 11.4 Å². The molecular formula is C20H18N2S. The van der Waals surface area contributed by atoms with Crippen molar-refractivity contribution in [2.45, 2.75) is 24.3 Å². The first kappa shape index (κ1) is 15.6. The number of thioether (sulfide) groups is 1. The highest BCUT2D eigenvalue weighted by Crippen LogP contribution is 2.33. The van der Waals surface area contributed by atoms with E-state index >= 15 is 0 Å². The number of hydrogen-bond donors (Lipinski definition) is 0. The minimum atomic E-state index is 0.699. The molecule has 0 spiro atoms. The summed E-state index contributed by atoms with van der Waals surface area (Å²) in [6.07, 6.45) is 9.15. The van der Waals surface area contributed by atoms with Crippen LogP contribution in [-0.4, -0.2) is 10.7 Å². The second-order valence-electron chi connectivity index (χ2n) is 5.44. The number of hydrogen-bond acceptors (Lipinski definition) is 3. The summed E-state index contributed by atoms with van der Waals surface area (Å²) in [5, 5.41) is 10.5. The van der Waals surface area contributed by atoms with Crippen molar-refractivity contribution in [1.82, 2.24) is 4.98 Å². The van der Waals surface area contributed by atoms with Gasteiger partial charge in [-0.1, -0.05) is 48.6 Å². The molecule has 0 atom stereocenters. The van der Waals surface area contributed by atoms with Crippen molar-refractivity contribution in [2.24, 2.45) is 0 Å². The zero-order valence-corrected chi connectivity index (χ0v) is 13.8. The second kappa shape index (κ2) is 7.30. The Kier molecular flexibility index (Phi) is 4.95. The highest BCUT2D eigenvalue weighted by Gasteiger charge is 2.21. The van der Waals surface area contributed by atoms with Crippen LogP contribution >= 0.6 is 11.8 Å². The van der Waals surface area contributed by atoms with Gasteiger partial charge < -0.3 is 0 Å². The third kappa shape index (κ3) is 3.38. The predicted molar refractivity (Wildman–Crippen MR) is 97.3 cm³/mol. The molecule has 23 heavy (non-hydrogen) atoms. The van der Waals surface area contributed by atoms with E-state index in [9.17, 15) is 5.26 Å². The molecule has 0 N–H and O–H groups in total. The molecule has 0 bridgehead atoms. The lowest BCUT2D eigenvalue weighted by molar-refractivity contribution is 0.891. The maximum absolute atomic E-state index is 9.66. The maximum atomic E-state index is 9.66. The van der Waals surface area contributed by atoms with E-state index in [-0.39, 0.29) is 0 Å². The van der Waals surface area contributed by atoms with Crippen LogP contribution < -0.4 is 0 Å². The number of nitrogens with zero attached hydrogens (tertiary/aromatic N) is 2. The molecule has 1 aromatic heterocycles. The molecule has 0 fully saturated rings. The van der Waals surface area contributed by atoms with Gasteiger partial charge >= 0.3 is 0 Å². The average Bonchev–Trinajstić information content (AvgIpc) is 3.06. The van der Waals surface area contributed by atoms with E-state index in [4.69, 9.17) is 4.98 Å². The van der Waals surface area contributed by atoms with Crippen LogP contribution in [0.3, 0.4) is 0 Å². The van der Waals surface area contributed by atoms with Crippen molar-refractivity contribution in [3.8, 4) is 6.07 Å². The SMILES string of the molecule is C=CCSc1nc2c(c(C=Cc3ccccc3)c1C#N)CCC2. The summed E-state index contributed by atoms with van der Waals surface area (Å²) in [6, 6.07) is 12.6. The van der Waals surface area contributed by atoms with Crippen molar-refractivity contribution >= 4 is 23.9 Å². The molecular weight excluding hydrogens is 300 g/mol. The normalized spacial score (nSPS) is 13.0. The number of pyridine rings is 1. The topological polar surface area (TPSA) is 36.7 Å². The Morgan fingerprint density at radius 3 is 2.78 bits per heavy atom. The molecule has 0 aliphatic heterocycles. The summed E-state index contributed by atoms with van der Waals surface area (Å²) in [4.78, 5) is 4.74. The van der Waals surface area contributed by atoms with Gasteiger partial charge in [0.1, 0.15) is 11.1 Å². The van der Waals surface area contributed by atoms with Crippen LogP contribution in [0, 0.1) is 11.3 Å². The lowest BCUT2D eigenvalue weighted by atomic mass is 10.0. The first-order valence-corrected chi connectivity index (χ1v) is 8.74. The fourth-order valence-electron chi connectivity index (χ4n) is 2.86. The summed E-state index contributed by atoms with van der Waals surface area (Å²) in [5.41, 5.74) is 5.29. The largest absolute Gasteiger partial charge is 0.245 e. The van der Waals surface area contributed by atoms with Gasteiger partial charge in [0.05, 0.1) is 5.56 Å². The number of aromatic nitrogens is 1. The summed E-state index contributed by atoms with van der Waals surface area (Å²) in [6.45, 7) is 3.76. The van der Waals surface area contributed by atoms with Crippen LogP contribution in [0.1, 0.15) is 34.4 Å². The first-order valence-electron chi connectivity index (χ1n) is 7.76. The number of fused-ring (bicyclic) bond motifs is 1. The molecule has 2 nitrogen and oxygen atoms in total. The van der Waals surface area contributed by atoms with Gasteiger partial charge in [-0.05, 0) is 36.0 Å². The van der Waals surface area contributed by atoms with E-state index in [0.717, 1.165) is 46.9 Å². The quantitative estimate of drug-likeness (QED) is 0.582. The molecule has 0 saturated heterocycles. The van der Waals surface area contributed by atoms with Crippen LogP contribution in [0.4, 0.5) is 0 Å². The summed E-state index contributed by atoms with van der Waals surface area (Å²) >= 11 is 1.59. The highest BCUT2D eigenvalue weighted by molar-refractivity contribution is 7.99. The fourth-order valence-corrected chi connectivity index (χ4v) is 3.61. The predicted octanol–water partition coefficient (Wildman–Crippen LogP) is 4.89. The Morgan fingerprint density at radius 2 is 2.04 bits per heavy atom. The summed E-state index contributed by atoms with van der Waals surface area (Å²) in [5.74, 6) is 0.766. The minimum Gasteiger partial charge on any atom is -0.245 e. The van der Waals surface area contributed by atoms with Crippen LogP contribution in [-0.2, 0) is 12.8 Å². The Morgan fingerprint density at radius 1 is 1.22 bits per heavy atom. The molecule has 1 aliphatic carbocycles. The first-order chi connectivity index (χ1) is 11.3. The maximum Gasteiger partial charge on any atom is 0.115 e. The van der Waals surface area contributed by atoms with Gasteiger partial charge in [-0.2, -0.15) is 5.26 Å². The molecule has 0 saturated carbocycles. The van der Waals surface area contributed by atoms with Crippen LogP contribution in [0.15, 0.2) is 48.0 Å². The molecule has 3 heteroatoms. The molecule has 114 valence electrons. The van der Waals surface area contributed by atoms with E-state index in [1.807, 2.05) is 24.3 Å².